The maximum Gasteiger partial charge on any atom is 0.275 e. The molecule has 0 aliphatic heterocycles. The first kappa shape index (κ1) is 13.9. The summed E-state index contributed by atoms with van der Waals surface area (Å²) in [6.45, 7) is 0. The number of hydrogen-bond acceptors (Lipinski definition) is 4. The molecule has 1 aromatic carbocycles. The van der Waals surface area contributed by atoms with Gasteiger partial charge in [-0.1, -0.05) is 6.07 Å². The quantitative estimate of drug-likeness (QED) is 0.730. The number of nitrogens with zero attached hydrogens (tertiary/aromatic N) is 3. The molecule has 0 spiro atoms. The van der Waals surface area contributed by atoms with Gasteiger partial charge in [0.05, 0.1) is 19.0 Å². The second-order valence-electron chi connectivity index (χ2n) is 5.79. The molecule has 1 aliphatic carbocycles. The highest BCUT2D eigenvalue weighted by atomic mass is 16.5. The average molecular weight is 307 g/mol. The maximum atomic E-state index is 12.4. The van der Waals surface area contributed by atoms with Crippen LogP contribution in [0.3, 0.4) is 0 Å². The van der Waals surface area contributed by atoms with Crippen molar-refractivity contribution in [2.75, 3.05) is 7.11 Å². The zero-order valence-corrected chi connectivity index (χ0v) is 13.0. The Hall–Kier alpha value is -2.69. The molecule has 23 heavy (non-hydrogen) atoms. The van der Waals surface area contributed by atoms with Gasteiger partial charge in [-0.3, -0.25) is 9.36 Å². The number of methoxy groups -OCH3 is 1. The zero-order valence-electron chi connectivity index (χ0n) is 13.0. The molecule has 0 atom stereocenters. The summed E-state index contributed by atoms with van der Waals surface area (Å²) in [5.74, 6) is 0.469. The van der Waals surface area contributed by atoms with Crippen LogP contribution < -0.4 is 10.3 Å². The first-order chi connectivity index (χ1) is 11.3. The summed E-state index contributed by atoms with van der Waals surface area (Å²) in [7, 11) is 1.56. The second kappa shape index (κ2) is 5.50. The predicted octanol–water partition coefficient (Wildman–Crippen LogP) is 2.67. The van der Waals surface area contributed by atoms with Gasteiger partial charge in [0.15, 0.2) is 5.65 Å². The first-order valence-corrected chi connectivity index (χ1v) is 7.81. The molecule has 5 heteroatoms. The molecule has 0 saturated heterocycles. The molecule has 3 aromatic rings. The van der Waals surface area contributed by atoms with Gasteiger partial charge in [-0.25, -0.2) is 4.98 Å². The van der Waals surface area contributed by atoms with Crippen LogP contribution in [-0.4, -0.2) is 21.6 Å². The Balaban J connectivity index is 1.97. The number of ether oxygens (including phenoxy) is 1. The Morgan fingerprint density at radius 1 is 1.09 bits per heavy atom. The molecule has 5 nitrogen and oxygen atoms in total. The van der Waals surface area contributed by atoms with E-state index < -0.39 is 0 Å². The van der Waals surface area contributed by atoms with Crippen molar-refractivity contribution in [1.82, 2.24) is 14.5 Å². The lowest BCUT2D eigenvalue weighted by Crippen LogP contribution is -2.20. The lowest BCUT2D eigenvalue weighted by molar-refractivity contribution is 0.399. The average Bonchev–Trinajstić information content (AvgIpc) is 2.60. The lowest BCUT2D eigenvalue weighted by atomic mass is 9.91. The number of pyridine rings is 1. The number of aryl methyl sites for hydroxylation is 2. The third-order valence-electron chi connectivity index (χ3n) is 4.37. The Bertz CT molecular complexity index is 947. The van der Waals surface area contributed by atoms with Crippen LogP contribution in [0.15, 0.2) is 41.3 Å². The van der Waals surface area contributed by atoms with E-state index in [2.05, 4.69) is 22.1 Å². The van der Waals surface area contributed by atoms with Crippen LogP contribution in [0.4, 0.5) is 0 Å². The molecule has 0 amide bonds. The van der Waals surface area contributed by atoms with E-state index in [1.807, 2.05) is 12.1 Å². The highest BCUT2D eigenvalue weighted by molar-refractivity contribution is 5.72. The molecule has 0 bridgehead atoms. The summed E-state index contributed by atoms with van der Waals surface area (Å²) < 4.78 is 6.80. The summed E-state index contributed by atoms with van der Waals surface area (Å²) >= 11 is 0. The van der Waals surface area contributed by atoms with E-state index in [0.717, 1.165) is 18.5 Å². The van der Waals surface area contributed by atoms with Gasteiger partial charge in [0.25, 0.3) is 5.56 Å². The van der Waals surface area contributed by atoms with E-state index in [1.54, 1.807) is 17.7 Å². The summed E-state index contributed by atoms with van der Waals surface area (Å²) in [5, 5.41) is 0. The van der Waals surface area contributed by atoms with Crippen LogP contribution in [0.25, 0.3) is 16.9 Å². The molecule has 4 rings (SSSR count). The van der Waals surface area contributed by atoms with Crippen LogP contribution >= 0.6 is 0 Å². The number of benzene rings is 1. The van der Waals surface area contributed by atoms with Gasteiger partial charge in [-0.2, -0.15) is 4.98 Å². The van der Waals surface area contributed by atoms with Gasteiger partial charge < -0.3 is 4.74 Å². The summed E-state index contributed by atoms with van der Waals surface area (Å²) in [6.07, 6.45) is 5.97. The molecular weight excluding hydrogens is 290 g/mol. The monoisotopic (exact) mass is 307 g/mol. The lowest BCUT2D eigenvalue weighted by Gasteiger charge is -2.17. The number of hydrogen-bond donors (Lipinski definition) is 0. The van der Waals surface area contributed by atoms with Crippen molar-refractivity contribution in [2.45, 2.75) is 25.7 Å². The van der Waals surface area contributed by atoms with Crippen molar-refractivity contribution in [3.05, 3.63) is 58.0 Å². The van der Waals surface area contributed by atoms with E-state index in [1.165, 1.54) is 30.2 Å². The van der Waals surface area contributed by atoms with Gasteiger partial charge in [0, 0.05) is 6.07 Å². The molecule has 1 aliphatic rings. The standard InChI is InChI=1S/C18H17N3O2/c1-23-16-9-8-15-18(20-16)21(17(22)11-19-15)14-7-6-12-4-2-3-5-13(12)10-14/h6-11H,2-5H2,1H3. The van der Waals surface area contributed by atoms with Crippen LogP contribution in [0.1, 0.15) is 24.0 Å². The van der Waals surface area contributed by atoms with Crippen molar-refractivity contribution < 1.29 is 4.74 Å². The summed E-state index contributed by atoms with van der Waals surface area (Å²) in [4.78, 5) is 21.0. The van der Waals surface area contributed by atoms with Crippen LogP contribution in [0, 0.1) is 0 Å². The summed E-state index contributed by atoms with van der Waals surface area (Å²) in [6, 6.07) is 9.79. The van der Waals surface area contributed by atoms with E-state index in [9.17, 15) is 4.79 Å². The second-order valence-corrected chi connectivity index (χ2v) is 5.79. The highest BCUT2D eigenvalue weighted by Gasteiger charge is 2.13. The Morgan fingerprint density at radius 3 is 2.74 bits per heavy atom. The van der Waals surface area contributed by atoms with Crippen molar-refractivity contribution >= 4 is 11.2 Å². The van der Waals surface area contributed by atoms with Crippen molar-refractivity contribution in [3.8, 4) is 11.6 Å². The molecule has 116 valence electrons. The third kappa shape index (κ3) is 2.38. The smallest absolute Gasteiger partial charge is 0.275 e. The molecule has 2 aromatic heterocycles. The van der Waals surface area contributed by atoms with Gasteiger partial charge in [-0.15, -0.1) is 0 Å². The van der Waals surface area contributed by atoms with Gasteiger partial charge >= 0.3 is 0 Å². The normalized spacial score (nSPS) is 13.8. The molecule has 0 unspecified atom stereocenters. The highest BCUT2D eigenvalue weighted by Crippen LogP contribution is 2.24. The molecule has 0 saturated carbocycles. The SMILES string of the molecule is COc1ccc2ncc(=O)n(-c3ccc4c(c3)CCCC4)c2n1. The fourth-order valence-corrected chi connectivity index (χ4v) is 3.20. The molecule has 0 N–H and O–H groups in total. The predicted molar refractivity (Wildman–Crippen MR) is 88.3 cm³/mol. The Labute approximate surface area is 133 Å². The minimum absolute atomic E-state index is 0.186. The minimum Gasteiger partial charge on any atom is -0.481 e. The van der Waals surface area contributed by atoms with Gasteiger partial charge in [0.2, 0.25) is 5.88 Å². The third-order valence-corrected chi connectivity index (χ3v) is 4.37. The van der Waals surface area contributed by atoms with Crippen molar-refractivity contribution in [3.63, 3.8) is 0 Å². The van der Waals surface area contributed by atoms with Gasteiger partial charge in [0.1, 0.15) is 5.52 Å². The fraction of sp³-hybridized carbons (Fsp3) is 0.278. The fourth-order valence-electron chi connectivity index (χ4n) is 3.20. The minimum atomic E-state index is -0.186. The van der Waals surface area contributed by atoms with E-state index in [-0.39, 0.29) is 5.56 Å². The maximum absolute atomic E-state index is 12.4. The van der Waals surface area contributed by atoms with E-state index >= 15 is 0 Å². The van der Waals surface area contributed by atoms with Crippen LogP contribution in [-0.2, 0) is 12.8 Å². The zero-order chi connectivity index (χ0) is 15.8. The Morgan fingerprint density at radius 2 is 1.91 bits per heavy atom. The van der Waals surface area contributed by atoms with Crippen molar-refractivity contribution in [1.29, 1.82) is 0 Å². The number of rotatable bonds is 2. The van der Waals surface area contributed by atoms with E-state index in [4.69, 9.17) is 4.74 Å². The number of fused-ring (bicyclic) bond motifs is 2. The molecular formula is C18H17N3O2. The number of aromatic nitrogens is 3. The van der Waals surface area contributed by atoms with Crippen molar-refractivity contribution in [2.24, 2.45) is 0 Å². The molecule has 2 heterocycles. The molecule has 0 fully saturated rings. The van der Waals surface area contributed by atoms with Crippen LogP contribution in [0.5, 0.6) is 5.88 Å². The largest absolute Gasteiger partial charge is 0.481 e. The first-order valence-electron chi connectivity index (χ1n) is 7.81. The Kier molecular flexibility index (Phi) is 3.33. The molecule has 0 radical (unpaired) electrons. The van der Waals surface area contributed by atoms with Crippen LogP contribution in [0.2, 0.25) is 0 Å². The topological polar surface area (TPSA) is 57.0 Å². The summed E-state index contributed by atoms with van der Waals surface area (Å²) in [5.41, 5.74) is 4.55. The van der Waals surface area contributed by atoms with E-state index in [0.29, 0.717) is 17.0 Å². The van der Waals surface area contributed by atoms with Gasteiger partial charge in [-0.05, 0) is 55.0 Å².